The molecule has 0 aliphatic rings. The SMILES string of the molecule is CCCCc1nc(C(F)(F)CCC)nn1Cc1ccc(-n2c([N+](=O)[O-])cc([N+](=O)[O-])c2-c2nnn[nH]2)cc1. The van der Waals surface area contributed by atoms with E-state index >= 15 is 0 Å². The number of aromatic nitrogens is 8. The number of halogens is 2. The summed E-state index contributed by atoms with van der Waals surface area (Å²) in [4.78, 5) is 26.0. The van der Waals surface area contributed by atoms with Crippen LogP contribution in [-0.4, -0.2) is 49.8 Å². The zero-order valence-electron chi connectivity index (χ0n) is 20.5. The van der Waals surface area contributed by atoms with Gasteiger partial charge in [0, 0.05) is 12.8 Å². The van der Waals surface area contributed by atoms with Crippen molar-refractivity contribution in [2.45, 2.75) is 58.4 Å². The number of aromatic amines is 1. The van der Waals surface area contributed by atoms with Crippen molar-refractivity contribution in [2.75, 3.05) is 0 Å². The first-order valence-corrected chi connectivity index (χ1v) is 11.9. The molecule has 38 heavy (non-hydrogen) atoms. The molecule has 16 heteroatoms. The number of nitrogens with zero attached hydrogens (tertiary/aromatic N) is 9. The van der Waals surface area contributed by atoms with Crippen molar-refractivity contribution in [3.63, 3.8) is 0 Å². The van der Waals surface area contributed by atoms with Crippen LogP contribution in [0.3, 0.4) is 0 Å². The summed E-state index contributed by atoms with van der Waals surface area (Å²) in [5, 5.41) is 40.4. The molecular weight excluding hydrogens is 506 g/mol. The number of rotatable bonds is 12. The number of H-pyrrole nitrogens is 1. The van der Waals surface area contributed by atoms with E-state index in [1.807, 2.05) is 6.92 Å². The first-order chi connectivity index (χ1) is 18.2. The number of hydrogen-bond acceptors (Lipinski definition) is 9. The van der Waals surface area contributed by atoms with Crippen molar-refractivity contribution in [1.82, 2.24) is 40.0 Å². The summed E-state index contributed by atoms with van der Waals surface area (Å²) in [5.41, 5.74) is 0.150. The predicted octanol–water partition coefficient (Wildman–Crippen LogP) is 4.35. The molecule has 200 valence electrons. The third-order valence-electron chi connectivity index (χ3n) is 5.83. The summed E-state index contributed by atoms with van der Waals surface area (Å²) in [5.74, 6) is -3.89. The lowest BCUT2D eigenvalue weighted by Gasteiger charge is -2.10. The van der Waals surface area contributed by atoms with Crippen LogP contribution in [0.5, 0.6) is 0 Å². The minimum Gasteiger partial charge on any atom is -0.358 e. The van der Waals surface area contributed by atoms with Crippen LogP contribution in [0.1, 0.15) is 56.7 Å². The van der Waals surface area contributed by atoms with E-state index < -0.39 is 33.1 Å². The zero-order valence-corrected chi connectivity index (χ0v) is 20.5. The lowest BCUT2D eigenvalue weighted by molar-refractivity contribution is -0.394. The fourth-order valence-corrected chi connectivity index (χ4v) is 4.03. The minimum absolute atomic E-state index is 0.127. The molecule has 0 saturated heterocycles. The summed E-state index contributed by atoms with van der Waals surface area (Å²) in [7, 11) is 0. The van der Waals surface area contributed by atoms with Gasteiger partial charge in [-0.1, -0.05) is 32.4 Å². The quantitative estimate of drug-likeness (QED) is 0.206. The number of tetrazole rings is 1. The molecule has 0 bridgehead atoms. The number of unbranched alkanes of at least 4 members (excludes halogenated alkanes) is 1. The molecule has 0 amide bonds. The highest BCUT2D eigenvalue weighted by atomic mass is 19.3. The van der Waals surface area contributed by atoms with Gasteiger partial charge in [0.2, 0.25) is 11.6 Å². The maximum absolute atomic E-state index is 14.5. The van der Waals surface area contributed by atoms with Gasteiger partial charge in [-0.15, -0.1) is 10.2 Å². The van der Waals surface area contributed by atoms with Crippen LogP contribution < -0.4 is 0 Å². The van der Waals surface area contributed by atoms with Gasteiger partial charge in [0.15, 0.2) is 0 Å². The Kier molecular flexibility index (Phi) is 7.50. The molecule has 3 aromatic heterocycles. The second kappa shape index (κ2) is 10.8. The maximum Gasteiger partial charge on any atom is 0.335 e. The summed E-state index contributed by atoms with van der Waals surface area (Å²) in [6.07, 6.45) is 2.02. The van der Waals surface area contributed by atoms with Gasteiger partial charge in [0.1, 0.15) is 17.6 Å². The number of aryl methyl sites for hydroxylation is 1. The zero-order chi connectivity index (χ0) is 27.4. The average Bonchev–Trinajstić information content (AvgIpc) is 3.61. The van der Waals surface area contributed by atoms with E-state index in [-0.39, 0.29) is 36.6 Å². The number of nitro groups is 2. The third kappa shape index (κ3) is 5.23. The first-order valence-electron chi connectivity index (χ1n) is 11.9. The highest BCUT2D eigenvalue weighted by molar-refractivity contribution is 5.72. The molecule has 0 fully saturated rings. The van der Waals surface area contributed by atoms with Gasteiger partial charge in [-0.25, -0.2) is 14.8 Å². The maximum atomic E-state index is 14.5. The van der Waals surface area contributed by atoms with Gasteiger partial charge >= 0.3 is 17.4 Å². The summed E-state index contributed by atoms with van der Waals surface area (Å²) in [6.45, 7) is 3.79. The van der Waals surface area contributed by atoms with Crippen molar-refractivity contribution in [2.24, 2.45) is 0 Å². The summed E-state index contributed by atoms with van der Waals surface area (Å²) >= 11 is 0. The molecule has 0 spiro atoms. The van der Waals surface area contributed by atoms with E-state index in [0.29, 0.717) is 17.8 Å². The number of benzene rings is 1. The van der Waals surface area contributed by atoms with Crippen molar-refractivity contribution in [1.29, 1.82) is 0 Å². The fourth-order valence-electron chi connectivity index (χ4n) is 4.03. The van der Waals surface area contributed by atoms with Crippen LogP contribution in [0.25, 0.3) is 17.2 Å². The molecule has 0 unspecified atom stereocenters. The Bertz CT molecular complexity index is 1430. The highest BCUT2D eigenvalue weighted by Crippen LogP contribution is 2.37. The Hall–Kier alpha value is -4.63. The van der Waals surface area contributed by atoms with Crippen molar-refractivity contribution in [3.8, 4) is 17.2 Å². The molecule has 1 aromatic carbocycles. The van der Waals surface area contributed by atoms with E-state index in [1.165, 1.54) is 16.8 Å². The van der Waals surface area contributed by atoms with Gasteiger partial charge in [-0.3, -0.25) is 10.1 Å². The van der Waals surface area contributed by atoms with Gasteiger partial charge in [0.25, 0.3) is 5.69 Å². The first kappa shape index (κ1) is 26.4. The molecule has 1 N–H and O–H groups in total. The largest absolute Gasteiger partial charge is 0.358 e. The molecule has 4 aromatic rings. The molecule has 0 aliphatic carbocycles. The average molecular weight is 530 g/mol. The molecule has 0 saturated carbocycles. The molecule has 3 heterocycles. The Morgan fingerprint density at radius 1 is 1.08 bits per heavy atom. The summed E-state index contributed by atoms with van der Waals surface area (Å²) in [6, 6.07) is 7.13. The van der Waals surface area contributed by atoms with Gasteiger partial charge in [0.05, 0.1) is 11.5 Å². The van der Waals surface area contributed by atoms with E-state index in [2.05, 4.69) is 30.7 Å². The number of hydrogen-bond donors (Lipinski definition) is 1. The standard InChI is InChI=1S/C22H24F2N10O4/c1-3-5-6-17-25-21(22(23,24)11-4-2)28-31(17)13-14-7-9-15(10-8-14)32-18(34(37)38)12-16(33(35)36)19(32)20-26-29-30-27-20/h7-10,12H,3-6,11,13H2,1-2H3,(H,26,27,29,30). The van der Waals surface area contributed by atoms with Crippen molar-refractivity contribution < 1.29 is 18.6 Å². The summed E-state index contributed by atoms with van der Waals surface area (Å²) < 4.78 is 31.5. The third-order valence-corrected chi connectivity index (χ3v) is 5.83. The molecule has 0 aliphatic heterocycles. The van der Waals surface area contributed by atoms with E-state index in [4.69, 9.17) is 0 Å². The fraction of sp³-hybridized carbons (Fsp3) is 0.409. The molecule has 0 atom stereocenters. The lowest BCUT2D eigenvalue weighted by Crippen LogP contribution is -2.15. The predicted molar refractivity (Wildman–Crippen MR) is 129 cm³/mol. The topological polar surface area (TPSA) is 176 Å². The van der Waals surface area contributed by atoms with Gasteiger partial charge in [-0.05, 0) is 45.9 Å². The second-order valence-corrected chi connectivity index (χ2v) is 8.57. The number of nitrogens with one attached hydrogen (secondary N) is 1. The monoisotopic (exact) mass is 530 g/mol. The highest BCUT2D eigenvalue weighted by Gasteiger charge is 2.37. The Morgan fingerprint density at radius 2 is 1.82 bits per heavy atom. The van der Waals surface area contributed by atoms with Crippen LogP contribution >= 0.6 is 0 Å². The van der Waals surface area contributed by atoms with E-state index in [1.54, 1.807) is 19.1 Å². The van der Waals surface area contributed by atoms with Crippen LogP contribution in [0.4, 0.5) is 20.3 Å². The number of alkyl halides is 2. The second-order valence-electron chi connectivity index (χ2n) is 8.57. The van der Waals surface area contributed by atoms with Crippen LogP contribution in [0.15, 0.2) is 30.3 Å². The van der Waals surface area contributed by atoms with Crippen LogP contribution in [0.2, 0.25) is 0 Å². The smallest absolute Gasteiger partial charge is 0.335 e. The minimum atomic E-state index is -3.14. The van der Waals surface area contributed by atoms with Crippen LogP contribution in [-0.2, 0) is 18.9 Å². The van der Waals surface area contributed by atoms with Crippen molar-refractivity contribution >= 4 is 11.5 Å². The van der Waals surface area contributed by atoms with Crippen LogP contribution in [0, 0.1) is 20.2 Å². The van der Waals surface area contributed by atoms with Crippen molar-refractivity contribution in [3.05, 3.63) is 67.8 Å². The lowest BCUT2D eigenvalue weighted by atomic mass is 10.2. The normalized spacial score (nSPS) is 11.7. The van der Waals surface area contributed by atoms with E-state index in [9.17, 15) is 29.0 Å². The molecule has 0 radical (unpaired) electrons. The molecular formula is C22H24F2N10O4. The molecule has 14 nitrogen and oxygen atoms in total. The van der Waals surface area contributed by atoms with Gasteiger partial charge < -0.3 is 10.1 Å². The molecule has 4 rings (SSSR count). The Morgan fingerprint density at radius 3 is 2.39 bits per heavy atom. The van der Waals surface area contributed by atoms with E-state index in [0.717, 1.165) is 23.5 Å². The Labute approximate surface area is 214 Å². The Balaban J connectivity index is 1.72. The van der Waals surface area contributed by atoms with Gasteiger partial charge in [-0.2, -0.15) is 13.3 Å².